The Balaban J connectivity index is 0.000000270. The van der Waals surface area contributed by atoms with Crippen LogP contribution in [0.5, 0.6) is 0 Å². The summed E-state index contributed by atoms with van der Waals surface area (Å²) in [6, 6.07) is 0. The highest BCUT2D eigenvalue weighted by molar-refractivity contribution is 6.16. The molecular formula is C20H24O12. The monoisotopic (exact) mass is 456 g/mol. The van der Waals surface area contributed by atoms with Crippen molar-refractivity contribution in [2.45, 2.75) is 65.5 Å². The summed E-state index contributed by atoms with van der Waals surface area (Å²) in [5.74, 6) is -6.04. The van der Waals surface area contributed by atoms with Gasteiger partial charge < -0.3 is 28.8 Å². The van der Waals surface area contributed by atoms with Crippen LogP contribution in [0.25, 0.3) is 0 Å². The van der Waals surface area contributed by atoms with Crippen molar-refractivity contribution in [3.63, 3.8) is 0 Å². The molecule has 12 heteroatoms. The number of allylic oxidation sites excluding steroid dienone is 1. The van der Waals surface area contributed by atoms with E-state index in [1.54, 1.807) is 0 Å². The Hall–Kier alpha value is -3.70. The Morgan fingerprint density at radius 1 is 0.844 bits per heavy atom. The number of cyclic esters (lactones) is 5. The predicted octanol–water partition coefficient (Wildman–Crippen LogP) is 1.27. The fourth-order valence-electron chi connectivity index (χ4n) is 2.29. The molecule has 0 bridgehead atoms. The van der Waals surface area contributed by atoms with Gasteiger partial charge in [-0.15, -0.1) is 0 Å². The Labute approximate surface area is 183 Å². The first-order valence-corrected chi connectivity index (χ1v) is 9.21. The Kier molecular flexibility index (Phi) is 8.29. The molecule has 3 aliphatic heterocycles. The highest BCUT2D eigenvalue weighted by atomic mass is 16.7. The van der Waals surface area contributed by atoms with E-state index in [-0.39, 0.29) is 18.2 Å². The minimum absolute atomic E-state index is 0.167. The summed E-state index contributed by atoms with van der Waals surface area (Å²) in [5.41, 5.74) is -0.616. The molecule has 0 saturated carbocycles. The van der Waals surface area contributed by atoms with Crippen LogP contribution < -0.4 is 0 Å². The van der Waals surface area contributed by atoms with E-state index in [2.05, 4.69) is 20.8 Å². The van der Waals surface area contributed by atoms with Gasteiger partial charge in [0.2, 0.25) is 0 Å². The van der Waals surface area contributed by atoms with Crippen LogP contribution in [-0.2, 0) is 52.5 Å². The van der Waals surface area contributed by atoms with Gasteiger partial charge in [-0.05, 0) is 6.92 Å². The second-order valence-electron chi connectivity index (χ2n) is 7.59. The SMILES string of the molecule is C=C1CC(=O)O1.CC(=O)CC(O)=C1C(=O)OC(C)(C)OC1=O.CC1(C)OC(=O)CC(=O)O1. The van der Waals surface area contributed by atoms with Gasteiger partial charge in [-0.1, -0.05) is 6.58 Å². The molecule has 32 heavy (non-hydrogen) atoms. The molecule has 1 N–H and O–H groups in total. The number of ether oxygens (including phenoxy) is 5. The molecule has 3 rings (SSSR count). The zero-order chi connectivity index (χ0) is 24.9. The molecule has 176 valence electrons. The molecule has 3 saturated heterocycles. The zero-order valence-corrected chi connectivity index (χ0v) is 18.3. The van der Waals surface area contributed by atoms with Gasteiger partial charge >= 0.3 is 29.8 Å². The summed E-state index contributed by atoms with van der Waals surface area (Å²) < 4.78 is 23.1. The molecule has 3 fully saturated rings. The Bertz CT molecular complexity index is 828. The summed E-state index contributed by atoms with van der Waals surface area (Å²) in [6.45, 7) is 10.4. The number of Topliss-reactive ketones (excluding diaryl/α,β-unsaturated/α-hetero) is 1. The van der Waals surface area contributed by atoms with Crippen molar-refractivity contribution in [2.24, 2.45) is 0 Å². The van der Waals surface area contributed by atoms with Gasteiger partial charge in [-0.3, -0.25) is 19.2 Å². The first kappa shape index (κ1) is 26.3. The molecule has 0 unspecified atom stereocenters. The lowest BCUT2D eigenvalue weighted by molar-refractivity contribution is -0.231. The van der Waals surface area contributed by atoms with Crippen LogP contribution in [0.4, 0.5) is 0 Å². The predicted molar refractivity (Wildman–Crippen MR) is 102 cm³/mol. The summed E-state index contributed by atoms with van der Waals surface area (Å²) in [6.07, 6.45) is -0.261. The maximum Gasteiger partial charge on any atom is 0.352 e. The van der Waals surface area contributed by atoms with Crippen LogP contribution in [-0.4, -0.2) is 52.3 Å². The fourth-order valence-corrected chi connectivity index (χ4v) is 2.29. The molecule has 0 aromatic carbocycles. The molecule has 0 aliphatic carbocycles. The van der Waals surface area contributed by atoms with E-state index in [9.17, 15) is 33.9 Å². The standard InChI is InChI=1S/C10H12O6.C6H8O4.C4H4O2/c1-5(11)4-6(12)7-8(13)15-10(2,3)16-9(7)14;1-6(2)9-4(7)3-5(8)10-6;1-3-2-4(5)6-3/h12H,4H2,1-3H3;3H2,1-2H3;1-2H2. The number of esters is 5. The summed E-state index contributed by atoms with van der Waals surface area (Å²) in [4.78, 5) is 64.5. The molecule has 0 atom stereocenters. The van der Waals surface area contributed by atoms with Crippen molar-refractivity contribution in [2.75, 3.05) is 0 Å². The quantitative estimate of drug-likeness (QED) is 0.158. The summed E-state index contributed by atoms with van der Waals surface area (Å²) in [7, 11) is 0. The van der Waals surface area contributed by atoms with Crippen molar-refractivity contribution < 1.29 is 57.6 Å². The smallest absolute Gasteiger partial charge is 0.352 e. The highest BCUT2D eigenvalue weighted by Gasteiger charge is 2.41. The molecule has 12 nitrogen and oxygen atoms in total. The lowest BCUT2D eigenvalue weighted by atomic mass is 10.1. The number of aliphatic hydroxyl groups excluding tert-OH is 1. The van der Waals surface area contributed by atoms with E-state index in [4.69, 9.17) is 9.47 Å². The van der Waals surface area contributed by atoms with Gasteiger partial charge in [0.05, 0.1) is 6.42 Å². The van der Waals surface area contributed by atoms with E-state index in [0.29, 0.717) is 12.2 Å². The molecular weight excluding hydrogens is 432 g/mol. The van der Waals surface area contributed by atoms with Gasteiger partial charge in [-0.25, -0.2) is 9.59 Å². The number of ketones is 1. The molecule has 0 aromatic rings. The molecule has 0 radical (unpaired) electrons. The summed E-state index contributed by atoms with van der Waals surface area (Å²) in [5, 5.41) is 9.41. The zero-order valence-electron chi connectivity index (χ0n) is 18.3. The number of carbonyl (C=O) groups excluding carboxylic acids is 6. The van der Waals surface area contributed by atoms with Gasteiger partial charge in [0.1, 0.15) is 30.1 Å². The normalized spacial score (nSPS) is 20.3. The maximum absolute atomic E-state index is 11.4. The van der Waals surface area contributed by atoms with Gasteiger partial charge in [-0.2, -0.15) is 0 Å². The third-order valence-electron chi connectivity index (χ3n) is 3.40. The van der Waals surface area contributed by atoms with Gasteiger partial charge in [0.15, 0.2) is 5.57 Å². The minimum atomic E-state index is -1.35. The van der Waals surface area contributed by atoms with Gasteiger partial charge in [0, 0.05) is 27.7 Å². The number of rotatable bonds is 2. The third kappa shape index (κ3) is 8.58. The van der Waals surface area contributed by atoms with Crippen molar-refractivity contribution in [3.8, 4) is 0 Å². The van der Waals surface area contributed by atoms with E-state index >= 15 is 0 Å². The number of hydrogen-bond donors (Lipinski definition) is 1. The Morgan fingerprint density at radius 3 is 1.53 bits per heavy atom. The number of aliphatic hydroxyl groups is 1. The largest absolute Gasteiger partial charge is 0.511 e. The van der Waals surface area contributed by atoms with Crippen LogP contribution in [0.3, 0.4) is 0 Å². The van der Waals surface area contributed by atoms with E-state index in [0.717, 1.165) is 0 Å². The van der Waals surface area contributed by atoms with Crippen LogP contribution in [0.15, 0.2) is 23.7 Å². The molecule has 0 amide bonds. The average Bonchev–Trinajstić information content (AvgIpc) is 2.49. The van der Waals surface area contributed by atoms with E-state index < -0.39 is 53.2 Å². The maximum atomic E-state index is 11.4. The van der Waals surface area contributed by atoms with Crippen molar-refractivity contribution in [1.29, 1.82) is 0 Å². The van der Waals surface area contributed by atoms with Gasteiger partial charge in [0.25, 0.3) is 11.6 Å². The van der Waals surface area contributed by atoms with E-state index in [1.165, 1.54) is 34.6 Å². The van der Waals surface area contributed by atoms with E-state index in [1.807, 2.05) is 0 Å². The van der Waals surface area contributed by atoms with Crippen LogP contribution in [0.2, 0.25) is 0 Å². The van der Waals surface area contributed by atoms with Crippen molar-refractivity contribution in [1.82, 2.24) is 0 Å². The first-order valence-electron chi connectivity index (χ1n) is 9.21. The molecule has 0 spiro atoms. The first-order chi connectivity index (χ1) is 14.5. The van der Waals surface area contributed by atoms with Crippen LogP contribution in [0, 0.1) is 0 Å². The molecule has 0 aromatic heterocycles. The highest BCUT2D eigenvalue weighted by Crippen LogP contribution is 2.24. The minimum Gasteiger partial charge on any atom is -0.511 e. The lowest BCUT2D eigenvalue weighted by Crippen LogP contribution is -2.42. The average molecular weight is 456 g/mol. The second-order valence-corrected chi connectivity index (χ2v) is 7.59. The molecule has 3 heterocycles. The lowest BCUT2D eigenvalue weighted by Gasteiger charge is -2.30. The number of carbonyl (C=O) groups is 6. The topological polar surface area (TPSA) is 169 Å². The third-order valence-corrected chi connectivity index (χ3v) is 3.40. The van der Waals surface area contributed by atoms with Crippen LogP contribution >= 0.6 is 0 Å². The summed E-state index contributed by atoms with van der Waals surface area (Å²) >= 11 is 0. The van der Waals surface area contributed by atoms with Crippen molar-refractivity contribution >= 4 is 35.6 Å². The Morgan fingerprint density at radius 2 is 1.25 bits per heavy atom. The van der Waals surface area contributed by atoms with Crippen molar-refractivity contribution in [3.05, 3.63) is 23.7 Å². The number of hydrogen-bond acceptors (Lipinski definition) is 12. The van der Waals surface area contributed by atoms with Crippen LogP contribution in [0.1, 0.15) is 53.9 Å². The second kappa shape index (κ2) is 10.1. The molecule has 3 aliphatic rings. The fraction of sp³-hybridized carbons (Fsp3) is 0.500.